The second-order valence-electron chi connectivity index (χ2n) is 7.32. The summed E-state index contributed by atoms with van der Waals surface area (Å²) in [4.78, 5) is 27.9. The molecule has 0 aliphatic carbocycles. The summed E-state index contributed by atoms with van der Waals surface area (Å²) in [6, 6.07) is 21.2. The summed E-state index contributed by atoms with van der Waals surface area (Å²) in [7, 11) is 0. The Bertz CT molecular complexity index is 1320. The van der Waals surface area contributed by atoms with E-state index in [-0.39, 0.29) is 33.0 Å². The fourth-order valence-corrected chi connectivity index (χ4v) is 5.17. The number of nitriles is 1. The van der Waals surface area contributed by atoms with Gasteiger partial charge in [-0.25, -0.2) is 4.39 Å². The van der Waals surface area contributed by atoms with Crippen LogP contribution in [-0.2, 0) is 16.0 Å². The number of thioether (sulfide) groups is 1. The first-order chi connectivity index (χ1) is 16.4. The van der Waals surface area contributed by atoms with Gasteiger partial charge in [-0.1, -0.05) is 65.3 Å². The first-order valence-corrected chi connectivity index (χ1v) is 11.7. The fraction of sp³-hybridized carbons (Fsp3) is 0.0800. The number of benzene rings is 3. The Labute approximate surface area is 209 Å². The van der Waals surface area contributed by atoms with Crippen LogP contribution in [0.15, 0.2) is 83.4 Å². The topological polar surface area (TPSA) is 73.2 Å². The van der Waals surface area contributed by atoms with E-state index in [1.807, 2.05) is 6.07 Å². The minimum absolute atomic E-state index is 0.215. The van der Waals surface area contributed by atoms with Crippen LogP contribution in [0.5, 0.6) is 0 Å². The van der Waals surface area contributed by atoms with Gasteiger partial charge in [0.2, 0.25) is 5.91 Å². The van der Waals surface area contributed by atoms with E-state index in [1.54, 1.807) is 48.5 Å². The van der Waals surface area contributed by atoms with Gasteiger partial charge in [-0.05, 0) is 54.4 Å². The molecule has 1 aliphatic rings. The summed E-state index contributed by atoms with van der Waals surface area (Å²) >= 11 is 13.2. The third kappa shape index (κ3) is 5.10. The highest BCUT2D eigenvalue weighted by Gasteiger charge is 2.40. The molecule has 5 nitrogen and oxygen atoms in total. The molecule has 1 unspecified atom stereocenters. The Morgan fingerprint density at radius 2 is 1.79 bits per heavy atom. The lowest BCUT2D eigenvalue weighted by Gasteiger charge is -2.18. The average Bonchev–Trinajstić information content (AvgIpc) is 3.13. The largest absolute Gasteiger partial charge is 0.320 e. The number of amides is 2. The lowest BCUT2D eigenvalue weighted by Crippen LogP contribution is -2.30. The number of carbonyl (C=O) groups is 2. The highest BCUT2D eigenvalue weighted by molar-refractivity contribution is 8.05. The van der Waals surface area contributed by atoms with Gasteiger partial charge in [0.05, 0.1) is 16.0 Å². The van der Waals surface area contributed by atoms with Crippen molar-refractivity contribution in [3.8, 4) is 6.07 Å². The van der Waals surface area contributed by atoms with Crippen LogP contribution >= 0.6 is 35.0 Å². The van der Waals surface area contributed by atoms with E-state index in [0.29, 0.717) is 17.1 Å². The third-order valence-corrected chi connectivity index (χ3v) is 6.84. The molecular weight excluding hydrogens is 496 g/mol. The maximum Gasteiger partial charge on any atom is 0.269 e. The number of nitrogens with one attached hydrogen (secondary N) is 1. The summed E-state index contributed by atoms with van der Waals surface area (Å²) in [5.41, 5.74) is 1.35. The van der Waals surface area contributed by atoms with Crippen LogP contribution in [0.2, 0.25) is 10.0 Å². The third-order valence-electron chi connectivity index (χ3n) is 5.03. The molecule has 1 saturated heterocycles. The summed E-state index contributed by atoms with van der Waals surface area (Å²) < 4.78 is 13.3. The lowest BCUT2D eigenvalue weighted by molar-refractivity contribution is -0.117. The minimum Gasteiger partial charge on any atom is -0.320 e. The van der Waals surface area contributed by atoms with Crippen molar-refractivity contribution in [2.75, 3.05) is 10.2 Å². The van der Waals surface area contributed by atoms with Crippen LogP contribution in [0, 0.1) is 17.1 Å². The zero-order valence-electron chi connectivity index (χ0n) is 17.5. The van der Waals surface area contributed by atoms with Crippen LogP contribution in [0.1, 0.15) is 5.56 Å². The Morgan fingerprint density at radius 1 is 1.09 bits per heavy atom. The van der Waals surface area contributed by atoms with E-state index in [4.69, 9.17) is 23.2 Å². The van der Waals surface area contributed by atoms with Gasteiger partial charge in [0.15, 0.2) is 0 Å². The summed E-state index contributed by atoms with van der Waals surface area (Å²) in [5.74, 6) is -1.35. The van der Waals surface area contributed by atoms with Crippen molar-refractivity contribution in [2.45, 2.75) is 11.7 Å². The maximum absolute atomic E-state index is 13.4. The predicted molar refractivity (Wildman–Crippen MR) is 133 cm³/mol. The number of anilines is 2. The number of nitrogens with zero attached hydrogens (tertiary/aromatic N) is 2. The van der Waals surface area contributed by atoms with E-state index in [1.165, 1.54) is 29.2 Å². The molecule has 170 valence electrons. The molecule has 3 aromatic rings. The molecule has 2 amide bonds. The normalized spacial score (nSPS) is 16.8. The Balaban J connectivity index is 1.71. The van der Waals surface area contributed by atoms with E-state index in [9.17, 15) is 19.2 Å². The van der Waals surface area contributed by atoms with Crippen LogP contribution in [0.4, 0.5) is 15.8 Å². The fourth-order valence-electron chi connectivity index (χ4n) is 3.41. The van der Waals surface area contributed by atoms with Crippen LogP contribution in [0.3, 0.4) is 0 Å². The quantitative estimate of drug-likeness (QED) is 0.327. The molecule has 0 saturated carbocycles. The van der Waals surface area contributed by atoms with E-state index in [2.05, 4.69) is 5.32 Å². The van der Waals surface area contributed by atoms with Crippen molar-refractivity contribution in [3.63, 3.8) is 0 Å². The standard InChI is InChI=1S/C25H16Cl2FN3O2S/c26-16-8-11-21(20(27)13-16)30-23(32)19(14-29)25-31(18-4-2-1-3-5-18)24(33)22(34-25)12-15-6-9-17(28)10-7-15/h1-11,13,22H,12H2,(H,30,32). The molecule has 9 heteroatoms. The molecule has 1 N–H and O–H groups in total. The maximum atomic E-state index is 13.4. The number of rotatable bonds is 5. The van der Waals surface area contributed by atoms with Crippen LogP contribution in [0.25, 0.3) is 0 Å². The van der Waals surface area contributed by atoms with Crippen LogP contribution in [-0.4, -0.2) is 17.1 Å². The van der Waals surface area contributed by atoms with Crippen molar-refractivity contribution in [1.82, 2.24) is 0 Å². The molecular formula is C25H16Cl2FN3O2S. The molecule has 4 rings (SSSR count). The monoisotopic (exact) mass is 511 g/mol. The second-order valence-corrected chi connectivity index (χ2v) is 9.35. The summed E-state index contributed by atoms with van der Waals surface area (Å²) in [6.45, 7) is 0. The van der Waals surface area contributed by atoms with Gasteiger partial charge in [0.1, 0.15) is 22.5 Å². The van der Waals surface area contributed by atoms with Gasteiger partial charge >= 0.3 is 0 Å². The summed E-state index contributed by atoms with van der Waals surface area (Å²) in [6.07, 6.45) is 0.306. The first-order valence-electron chi connectivity index (χ1n) is 10.1. The molecule has 0 spiro atoms. The van der Waals surface area contributed by atoms with Gasteiger partial charge < -0.3 is 5.32 Å². The van der Waals surface area contributed by atoms with Gasteiger partial charge in [-0.2, -0.15) is 5.26 Å². The summed E-state index contributed by atoms with van der Waals surface area (Å²) in [5, 5.41) is 12.7. The molecule has 0 radical (unpaired) electrons. The number of para-hydroxylation sites is 1. The van der Waals surface area contributed by atoms with Gasteiger partial charge in [0.25, 0.3) is 5.91 Å². The molecule has 1 fully saturated rings. The molecule has 1 aliphatic heterocycles. The smallest absolute Gasteiger partial charge is 0.269 e. The first kappa shape index (κ1) is 23.8. The number of hydrogen-bond acceptors (Lipinski definition) is 4. The number of hydrogen-bond donors (Lipinski definition) is 1. The minimum atomic E-state index is -0.703. The van der Waals surface area contributed by atoms with Crippen molar-refractivity contribution in [2.24, 2.45) is 0 Å². The van der Waals surface area contributed by atoms with E-state index >= 15 is 0 Å². The van der Waals surface area contributed by atoms with Gasteiger partial charge in [0, 0.05) is 10.7 Å². The zero-order valence-corrected chi connectivity index (χ0v) is 19.8. The molecule has 3 aromatic carbocycles. The van der Waals surface area contributed by atoms with Crippen molar-refractivity contribution in [3.05, 3.63) is 105 Å². The Hall–Kier alpha value is -3.31. The van der Waals surface area contributed by atoms with Crippen molar-refractivity contribution in [1.29, 1.82) is 5.26 Å². The SMILES string of the molecule is N#CC(C(=O)Nc1ccc(Cl)cc1Cl)=C1SC(Cc2ccc(F)cc2)C(=O)N1c1ccccc1. The van der Waals surface area contributed by atoms with Gasteiger partial charge in [-0.3, -0.25) is 14.5 Å². The molecule has 0 bridgehead atoms. The molecule has 0 aromatic heterocycles. The Kier molecular flexibility index (Phi) is 7.23. The van der Waals surface area contributed by atoms with Gasteiger partial charge in [-0.15, -0.1) is 0 Å². The highest BCUT2D eigenvalue weighted by atomic mass is 35.5. The highest BCUT2D eigenvalue weighted by Crippen LogP contribution is 2.42. The van der Waals surface area contributed by atoms with E-state index in [0.717, 1.165) is 17.3 Å². The molecule has 34 heavy (non-hydrogen) atoms. The Morgan fingerprint density at radius 3 is 2.44 bits per heavy atom. The van der Waals surface area contributed by atoms with Crippen molar-refractivity contribution >= 4 is 58.2 Å². The van der Waals surface area contributed by atoms with E-state index < -0.39 is 11.2 Å². The lowest BCUT2D eigenvalue weighted by atomic mass is 10.1. The van der Waals surface area contributed by atoms with Crippen LogP contribution < -0.4 is 10.2 Å². The molecule has 1 atom stereocenters. The zero-order chi connectivity index (χ0) is 24.2. The average molecular weight is 512 g/mol. The predicted octanol–water partition coefficient (Wildman–Crippen LogP) is 6.20. The second kappa shape index (κ2) is 10.3. The number of halogens is 3. The molecule has 1 heterocycles. The van der Waals surface area contributed by atoms with Crippen molar-refractivity contribution < 1.29 is 14.0 Å². The number of carbonyl (C=O) groups excluding carboxylic acids is 2.